The minimum Gasteiger partial charge on any atom is -0.490 e. The molecular formula is C29H32N2O7. The fraction of sp³-hybridized carbons (Fsp3) is 0.276. The third-order valence-electron chi connectivity index (χ3n) is 5.19. The van der Waals surface area contributed by atoms with E-state index >= 15 is 0 Å². The summed E-state index contributed by atoms with van der Waals surface area (Å²) in [5.41, 5.74) is 2.17. The molecule has 0 aliphatic heterocycles. The Morgan fingerprint density at radius 1 is 0.737 bits per heavy atom. The van der Waals surface area contributed by atoms with E-state index in [0.717, 1.165) is 5.56 Å². The second-order valence-corrected chi connectivity index (χ2v) is 8.06. The summed E-state index contributed by atoms with van der Waals surface area (Å²) >= 11 is 0. The zero-order valence-electron chi connectivity index (χ0n) is 22.0. The summed E-state index contributed by atoms with van der Waals surface area (Å²) in [6, 6.07) is 16.7. The molecule has 0 bridgehead atoms. The lowest BCUT2D eigenvalue weighted by atomic mass is 10.1. The second kappa shape index (κ2) is 13.7. The van der Waals surface area contributed by atoms with E-state index < -0.39 is 5.97 Å². The molecule has 0 atom stereocenters. The Labute approximate surface area is 222 Å². The molecule has 0 radical (unpaired) electrons. The maximum absolute atomic E-state index is 12.9. The van der Waals surface area contributed by atoms with Gasteiger partial charge in [0.1, 0.15) is 5.75 Å². The first kappa shape index (κ1) is 28.0. The molecule has 9 heteroatoms. The van der Waals surface area contributed by atoms with Gasteiger partial charge in [-0.05, 0) is 68.8 Å². The van der Waals surface area contributed by atoms with Crippen LogP contribution in [-0.2, 0) is 11.3 Å². The van der Waals surface area contributed by atoms with Crippen LogP contribution in [-0.4, -0.2) is 37.6 Å². The standard InChI is InChI=1S/C29H32N2O7/c1-5-35-25-16-22(17-26(36-6-2)27(25)37-7-3)28(33)30-18-20-11-13-23(14-12-20)31-29(34)21-9-8-10-24(15-21)38-19(4)32/h8-17H,5-7,18H2,1-4H3,(H,30,33)(H,31,34). The number of carbonyl (C=O) groups is 3. The number of ether oxygens (including phenoxy) is 4. The van der Waals surface area contributed by atoms with Crippen molar-refractivity contribution in [2.24, 2.45) is 0 Å². The number of amides is 2. The first-order valence-electron chi connectivity index (χ1n) is 12.4. The fourth-order valence-corrected chi connectivity index (χ4v) is 3.58. The number of carbonyl (C=O) groups excluding carboxylic acids is 3. The van der Waals surface area contributed by atoms with Gasteiger partial charge >= 0.3 is 5.97 Å². The molecule has 0 fully saturated rings. The Kier molecular flexibility index (Phi) is 10.1. The van der Waals surface area contributed by atoms with Crippen molar-refractivity contribution in [1.29, 1.82) is 0 Å². The van der Waals surface area contributed by atoms with Gasteiger partial charge in [-0.25, -0.2) is 0 Å². The number of hydrogen-bond acceptors (Lipinski definition) is 7. The van der Waals surface area contributed by atoms with Gasteiger partial charge < -0.3 is 29.6 Å². The van der Waals surface area contributed by atoms with E-state index in [4.69, 9.17) is 18.9 Å². The van der Waals surface area contributed by atoms with Crippen LogP contribution in [0.1, 0.15) is 54.0 Å². The molecule has 0 heterocycles. The largest absolute Gasteiger partial charge is 0.490 e. The number of benzene rings is 3. The summed E-state index contributed by atoms with van der Waals surface area (Å²) in [4.78, 5) is 36.6. The summed E-state index contributed by atoms with van der Waals surface area (Å²) in [7, 11) is 0. The third kappa shape index (κ3) is 7.73. The number of nitrogens with one attached hydrogen (secondary N) is 2. The van der Waals surface area contributed by atoms with E-state index in [-0.39, 0.29) is 18.4 Å². The Bertz CT molecular complexity index is 1250. The van der Waals surface area contributed by atoms with Crippen LogP contribution >= 0.6 is 0 Å². The van der Waals surface area contributed by atoms with Crippen LogP contribution in [0.3, 0.4) is 0 Å². The Morgan fingerprint density at radius 2 is 1.37 bits per heavy atom. The van der Waals surface area contributed by atoms with Gasteiger partial charge in [0.05, 0.1) is 19.8 Å². The van der Waals surface area contributed by atoms with Gasteiger partial charge in [-0.15, -0.1) is 0 Å². The molecule has 0 spiro atoms. The first-order chi connectivity index (χ1) is 18.3. The molecule has 3 aromatic rings. The lowest BCUT2D eigenvalue weighted by Gasteiger charge is -2.17. The summed E-state index contributed by atoms with van der Waals surface area (Å²) in [5, 5.41) is 5.70. The summed E-state index contributed by atoms with van der Waals surface area (Å²) in [5.74, 6) is 0.574. The molecule has 2 amide bonds. The minimum atomic E-state index is -0.461. The number of anilines is 1. The smallest absolute Gasteiger partial charge is 0.308 e. The first-order valence-corrected chi connectivity index (χ1v) is 12.4. The van der Waals surface area contributed by atoms with Gasteiger partial charge in [-0.1, -0.05) is 18.2 Å². The molecule has 0 aliphatic rings. The van der Waals surface area contributed by atoms with Gasteiger partial charge in [-0.3, -0.25) is 14.4 Å². The van der Waals surface area contributed by atoms with Crippen LogP contribution in [0.4, 0.5) is 5.69 Å². The maximum Gasteiger partial charge on any atom is 0.308 e. The monoisotopic (exact) mass is 520 g/mol. The van der Waals surface area contributed by atoms with Crippen molar-refractivity contribution >= 4 is 23.5 Å². The highest BCUT2D eigenvalue weighted by Crippen LogP contribution is 2.39. The molecule has 38 heavy (non-hydrogen) atoms. The van der Waals surface area contributed by atoms with Crippen molar-refractivity contribution in [2.45, 2.75) is 34.2 Å². The lowest BCUT2D eigenvalue weighted by molar-refractivity contribution is -0.131. The zero-order valence-corrected chi connectivity index (χ0v) is 22.0. The van der Waals surface area contributed by atoms with Crippen molar-refractivity contribution in [3.8, 4) is 23.0 Å². The van der Waals surface area contributed by atoms with Gasteiger partial charge in [0.25, 0.3) is 11.8 Å². The highest BCUT2D eigenvalue weighted by atomic mass is 16.5. The summed E-state index contributed by atoms with van der Waals surface area (Å²) < 4.78 is 22.1. The zero-order chi connectivity index (χ0) is 27.5. The Balaban J connectivity index is 1.64. The normalized spacial score (nSPS) is 10.3. The molecule has 0 saturated heterocycles. The Morgan fingerprint density at radius 3 is 1.95 bits per heavy atom. The van der Waals surface area contributed by atoms with Gasteiger partial charge in [0, 0.05) is 30.3 Å². The molecule has 0 aromatic heterocycles. The molecular weight excluding hydrogens is 488 g/mol. The molecule has 0 saturated carbocycles. The van der Waals surface area contributed by atoms with Crippen molar-refractivity contribution in [3.05, 3.63) is 77.4 Å². The van der Waals surface area contributed by atoms with E-state index in [0.29, 0.717) is 59.6 Å². The van der Waals surface area contributed by atoms with Crippen molar-refractivity contribution in [1.82, 2.24) is 5.32 Å². The van der Waals surface area contributed by atoms with Gasteiger partial charge in [0.2, 0.25) is 5.75 Å². The topological polar surface area (TPSA) is 112 Å². The molecule has 9 nitrogen and oxygen atoms in total. The number of rotatable bonds is 12. The summed E-state index contributed by atoms with van der Waals surface area (Å²) in [6.07, 6.45) is 0. The molecule has 0 aliphatic carbocycles. The number of hydrogen-bond donors (Lipinski definition) is 2. The predicted molar refractivity (Wildman–Crippen MR) is 143 cm³/mol. The van der Waals surface area contributed by atoms with Gasteiger partial charge in [0.15, 0.2) is 11.5 Å². The lowest BCUT2D eigenvalue weighted by Crippen LogP contribution is -2.23. The average molecular weight is 521 g/mol. The summed E-state index contributed by atoms with van der Waals surface area (Å²) in [6.45, 7) is 8.41. The van der Waals surface area contributed by atoms with E-state index in [1.54, 1.807) is 54.6 Å². The highest BCUT2D eigenvalue weighted by molar-refractivity contribution is 6.04. The number of esters is 1. The molecule has 2 N–H and O–H groups in total. The van der Waals surface area contributed by atoms with Crippen molar-refractivity contribution in [3.63, 3.8) is 0 Å². The fourth-order valence-electron chi connectivity index (χ4n) is 3.58. The molecule has 3 aromatic carbocycles. The minimum absolute atomic E-state index is 0.276. The maximum atomic E-state index is 12.9. The van der Waals surface area contributed by atoms with Gasteiger partial charge in [-0.2, -0.15) is 0 Å². The van der Waals surface area contributed by atoms with E-state index in [9.17, 15) is 14.4 Å². The van der Waals surface area contributed by atoms with Crippen LogP contribution < -0.4 is 29.6 Å². The highest BCUT2D eigenvalue weighted by Gasteiger charge is 2.18. The van der Waals surface area contributed by atoms with Crippen molar-refractivity contribution in [2.75, 3.05) is 25.1 Å². The molecule has 200 valence electrons. The second-order valence-electron chi connectivity index (χ2n) is 8.06. The molecule has 0 unspecified atom stereocenters. The van der Waals surface area contributed by atoms with E-state index in [1.807, 2.05) is 20.8 Å². The van der Waals surface area contributed by atoms with Crippen LogP contribution in [0, 0.1) is 0 Å². The van der Waals surface area contributed by atoms with Crippen LogP contribution in [0.25, 0.3) is 0 Å². The van der Waals surface area contributed by atoms with E-state index in [1.165, 1.54) is 13.0 Å². The predicted octanol–water partition coefficient (Wildman–Crippen LogP) is 4.99. The Hall–Kier alpha value is -4.53. The molecule has 3 rings (SSSR count). The van der Waals surface area contributed by atoms with Crippen LogP contribution in [0.2, 0.25) is 0 Å². The van der Waals surface area contributed by atoms with Crippen LogP contribution in [0.5, 0.6) is 23.0 Å². The van der Waals surface area contributed by atoms with Crippen LogP contribution in [0.15, 0.2) is 60.7 Å². The quantitative estimate of drug-likeness (QED) is 0.256. The van der Waals surface area contributed by atoms with Crippen molar-refractivity contribution < 1.29 is 33.3 Å². The average Bonchev–Trinajstić information content (AvgIpc) is 2.89. The van der Waals surface area contributed by atoms with E-state index in [2.05, 4.69) is 10.6 Å². The SMILES string of the molecule is CCOc1cc(C(=O)NCc2ccc(NC(=O)c3cccc(OC(C)=O)c3)cc2)cc(OCC)c1OCC. The third-order valence-corrected chi connectivity index (χ3v) is 5.19.